The average Bonchev–Trinajstić information content (AvgIpc) is 3.38. The lowest BCUT2D eigenvalue weighted by molar-refractivity contribution is -0.136. The van der Waals surface area contributed by atoms with Gasteiger partial charge in [-0.2, -0.15) is 0 Å². The monoisotopic (exact) mass is 479 g/mol. The molecule has 0 bridgehead atoms. The summed E-state index contributed by atoms with van der Waals surface area (Å²) in [6.45, 7) is 1.58. The maximum absolute atomic E-state index is 12.8. The molecule has 4 rings (SSSR count). The Morgan fingerprint density at radius 1 is 0.941 bits per heavy atom. The van der Waals surface area contributed by atoms with Gasteiger partial charge >= 0.3 is 5.97 Å². The summed E-state index contributed by atoms with van der Waals surface area (Å²) in [6.07, 6.45) is 1.45. The molecular weight excluding hydrogens is 458 g/mol. The Labute approximate surface area is 196 Å². The highest BCUT2D eigenvalue weighted by Crippen LogP contribution is 2.24. The molecule has 0 aliphatic heterocycles. The molecule has 0 atom stereocenters. The molecular formula is C23H21N5O5S. The van der Waals surface area contributed by atoms with Crippen LogP contribution in [0.25, 0.3) is 5.69 Å². The van der Waals surface area contributed by atoms with Crippen LogP contribution in [0.15, 0.2) is 84.0 Å². The molecule has 1 heterocycles. The molecule has 0 amide bonds. The van der Waals surface area contributed by atoms with E-state index in [-0.39, 0.29) is 11.5 Å². The Balaban J connectivity index is 1.32. The van der Waals surface area contributed by atoms with Gasteiger partial charge in [-0.25, -0.2) is 17.9 Å². The molecule has 0 spiro atoms. The normalized spacial score (nSPS) is 11.1. The van der Waals surface area contributed by atoms with Gasteiger partial charge < -0.3 is 9.47 Å². The zero-order valence-electron chi connectivity index (χ0n) is 18.4. The Morgan fingerprint density at radius 2 is 1.59 bits per heavy atom. The van der Waals surface area contributed by atoms with Gasteiger partial charge in [-0.05, 0) is 78.0 Å². The highest BCUT2D eigenvalue weighted by molar-refractivity contribution is 7.92. The number of rotatable bonds is 8. The van der Waals surface area contributed by atoms with E-state index in [2.05, 4.69) is 15.5 Å². The molecule has 0 radical (unpaired) electrons. The number of carbonyl (C=O) groups excluding carboxylic acids is 1. The van der Waals surface area contributed by atoms with Gasteiger partial charge in [-0.3, -0.25) is 4.31 Å². The lowest BCUT2D eigenvalue weighted by Gasteiger charge is -2.20. The highest BCUT2D eigenvalue weighted by Gasteiger charge is 2.21. The van der Waals surface area contributed by atoms with Crippen molar-refractivity contribution in [2.45, 2.75) is 11.8 Å². The number of sulfonamides is 1. The largest absolute Gasteiger partial charge is 0.482 e. The van der Waals surface area contributed by atoms with Crippen molar-refractivity contribution in [1.29, 1.82) is 0 Å². The van der Waals surface area contributed by atoms with E-state index in [1.165, 1.54) is 22.4 Å². The van der Waals surface area contributed by atoms with Crippen molar-refractivity contribution in [2.24, 2.45) is 0 Å². The summed E-state index contributed by atoms with van der Waals surface area (Å²) in [4.78, 5) is 12.3. The highest BCUT2D eigenvalue weighted by atomic mass is 32.2. The van der Waals surface area contributed by atoms with E-state index in [0.29, 0.717) is 17.2 Å². The third kappa shape index (κ3) is 5.21. The number of anilines is 1. The standard InChI is InChI=1S/C23H21N5O5S/c1-17-3-13-22(14-4-17)34(30,31)27(2)18-5-9-20(10-6-18)32-15-23(29)33-21-11-7-19(8-12-21)28-16-24-25-26-28/h3-14,16H,15H2,1-2H3. The minimum absolute atomic E-state index is 0.203. The number of tetrazole rings is 1. The number of carbonyl (C=O) groups is 1. The summed E-state index contributed by atoms with van der Waals surface area (Å²) in [5, 5.41) is 10.9. The molecule has 0 N–H and O–H groups in total. The lowest BCUT2D eigenvalue weighted by atomic mass is 10.2. The predicted molar refractivity (Wildman–Crippen MR) is 123 cm³/mol. The first-order valence-electron chi connectivity index (χ1n) is 10.2. The number of aromatic nitrogens is 4. The molecule has 174 valence electrons. The van der Waals surface area contributed by atoms with E-state index in [1.54, 1.807) is 72.8 Å². The average molecular weight is 480 g/mol. The minimum atomic E-state index is -3.69. The van der Waals surface area contributed by atoms with Crippen LogP contribution in [0.2, 0.25) is 0 Å². The third-order valence-electron chi connectivity index (χ3n) is 4.92. The number of aryl methyl sites for hydroxylation is 1. The topological polar surface area (TPSA) is 117 Å². The van der Waals surface area contributed by atoms with Gasteiger partial charge in [0.15, 0.2) is 6.61 Å². The van der Waals surface area contributed by atoms with Gasteiger partial charge in [-0.1, -0.05) is 17.7 Å². The van der Waals surface area contributed by atoms with Gasteiger partial charge in [0, 0.05) is 7.05 Å². The second kappa shape index (κ2) is 9.71. The van der Waals surface area contributed by atoms with Gasteiger partial charge in [0.05, 0.1) is 16.3 Å². The molecule has 0 fully saturated rings. The van der Waals surface area contributed by atoms with Crippen molar-refractivity contribution in [1.82, 2.24) is 20.2 Å². The van der Waals surface area contributed by atoms with Gasteiger partial charge in [-0.15, -0.1) is 5.10 Å². The number of benzene rings is 3. The summed E-state index contributed by atoms with van der Waals surface area (Å²) in [5.74, 6) is 0.165. The molecule has 34 heavy (non-hydrogen) atoms. The van der Waals surface area contributed by atoms with Crippen LogP contribution in [-0.4, -0.2) is 48.2 Å². The lowest BCUT2D eigenvalue weighted by Crippen LogP contribution is -2.26. The molecule has 0 aliphatic rings. The Hall–Kier alpha value is -4.25. The first kappa shape index (κ1) is 22.9. The number of esters is 1. The van der Waals surface area contributed by atoms with Crippen LogP contribution in [0.5, 0.6) is 11.5 Å². The van der Waals surface area contributed by atoms with Gasteiger partial charge in [0.2, 0.25) is 0 Å². The number of ether oxygens (including phenoxy) is 2. The molecule has 0 aliphatic carbocycles. The summed E-state index contributed by atoms with van der Waals surface area (Å²) in [7, 11) is -2.21. The molecule has 0 unspecified atom stereocenters. The fraction of sp³-hybridized carbons (Fsp3) is 0.130. The Bertz CT molecular complexity index is 1360. The van der Waals surface area contributed by atoms with Crippen LogP contribution in [-0.2, 0) is 14.8 Å². The van der Waals surface area contributed by atoms with Crippen molar-refractivity contribution >= 4 is 21.7 Å². The zero-order valence-corrected chi connectivity index (χ0v) is 19.2. The second-order valence-corrected chi connectivity index (χ2v) is 9.26. The van der Waals surface area contributed by atoms with Crippen LogP contribution in [0.4, 0.5) is 5.69 Å². The molecule has 11 heteroatoms. The Kier molecular flexibility index (Phi) is 6.55. The summed E-state index contributed by atoms with van der Waals surface area (Å²) < 4.78 is 39.0. The maximum Gasteiger partial charge on any atom is 0.349 e. The first-order valence-corrected chi connectivity index (χ1v) is 11.6. The van der Waals surface area contributed by atoms with E-state index in [9.17, 15) is 13.2 Å². The van der Waals surface area contributed by atoms with Crippen LogP contribution in [0, 0.1) is 6.92 Å². The maximum atomic E-state index is 12.8. The summed E-state index contributed by atoms with van der Waals surface area (Å²) in [5.41, 5.74) is 2.15. The number of hydrogen-bond donors (Lipinski definition) is 0. The van der Waals surface area contributed by atoms with E-state index in [0.717, 1.165) is 11.3 Å². The van der Waals surface area contributed by atoms with Crippen LogP contribution >= 0.6 is 0 Å². The van der Waals surface area contributed by atoms with Crippen LogP contribution in [0.3, 0.4) is 0 Å². The van der Waals surface area contributed by atoms with Crippen LogP contribution in [0.1, 0.15) is 5.56 Å². The Morgan fingerprint density at radius 3 is 2.21 bits per heavy atom. The minimum Gasteiger partial charge on any atom is -0.482 e. The fourth-order valence-corrected chi connectivity index (χ4v) is 4.20. The van der Waals surface area contributed by atoms with Crippen molar-refractivity contribution < 1.29 is 22.7 Å². The van der Waals surface area contributed by atoms with E-state index in [1.807, 2.05) is 6.92 Å². The first-order chi connectivity index (χ1) is 16.3. The number of hydrogen-bond acceptors (Lipinski definition) is 8. The smallest absolute Gasteiger partial charge is 0.349 e. The molecule has 3 aromatic carbocycles. The van der Waals surface area contributed by atoms with Crippen molar-refractivity contribution in [2.75, 3.05) is 18.0 Å². The van der Waals surface area contributed by atoms with E-state index in [4.69, 9.17) is 9.47 Å². The molecule has 4 aromatic rings. The molecule has 10 nitrogen and oxygen atoms in total. The van der Waals surface area contributed by atoms with Gasteiger partial charge in [0.25, 0.3) is 10.0 Å². The van der Waals surface area contributed by atoms with Gasteiger partial charge in [0.1, 0.15) is 17.8 Å². The van der Waals surface area contributed by atoms with Crippen molar-refractivity contribution in [3.63, 3.8) is 0 Å². The van der Waals surface area contributed by atoms with Crippen LogP contribution < -0.4 is 13.8 Å². The third-order valence-corrected chi connectivity index (χ3v) is 6.72. The fourth-order valence-electron chi connectivity index (χ4n) is 3.01. The SMILES string of the molecule is Cc1ccc(S(=O)(=O)N(C)c2ccc(OCC(=O)Oc3ccc(-n4cnnn4)cc3)cc2)cc1. The van der Waals surface area contributed by atoms with E-state index < -0.39 is 16.0 Å². The molecule has 0 saturated heterocycles. The quantitative estimate of drug-likeness (QED) is 0.280. The second-order valence-electron chi connectivity index (χ2n) is 7.29. The number of nitrogens with zero attached hydrogens (tertiary/aromatic N) is 5. The van der Waals surface area contributed by atoms with Crippen molar-refractivity contribution in [3.8, 4) is 17.2 Å². The summed E-state index contributed by atoms with van der Waals surface area (Å²) in [6, 6.07) is 19.7. The van der Waals surface area contributed by atoms with Crippen molar-refractivity contribution in [3.05, 3.63) is 84.7 Å². The molecule has 0 saturated carbocycles. The zero-order chi connectivity index (χ0) is 24.1. The predicted octanol–water partition coefficient (Wildman–Crippen LogP) is 2.78. The summed E-state index contributed by atoms with van der Waals surface area (Å²) >= 11 is 0. The molecule has 1 aromatic heterocycles. The van der Waals surface area contributed by atoms with E-state index >= 15 is 0 Å².